The number of nitrogens with zero attached hydrogens (tertiary/aromatic N) is 1. The van der Waals surface area contributed by atoms with E-state index in [0.29, 0.717) is 20.7 Å². The molecule has 0 radical (unpaired) electrons. The van der Waals surface area contributed by atoms with E-state index in [1.165, 1.54) is 25.8 Å². The highest BCUT2D eigenvalue weighted by molar-refractivity contribution is 8.26. The third-order valence-corrected chi connectivity index (χ3v) is 5.98. The second-order valence-corrected chi connectivity index (χ2v) is 8.17. The van der Waals surface area contributed by atoms with Crippen LogP contribution in [0.1, 0.15) is 38.2 Å². The standard InChI is InChI=1S/C19H21NO5S2/c1-11(18(22)23)25-14-8-7-12(9-15(14)24-2)10-16-17(21)20(19(26)27-16)13-5-3-4-6-13/h7-11,13H,3-6H2,1-2H3,(H,22,23)/b16-10+. The van der Waals surface area contributed by atoms with Crippen LogP contribution in [0.3, 0.4) is 0 Å². The molecule has 1 saturated carbocycles. The number of aliphatic carboxylic acids is 1. The molecule has 6 nitrogen and oxygen atoms in total. The summed E-state index contributed by atoms with van der Waals surface area (Å²) in [7, 11) is 1.48. The Labute approximate surface area is 167 Å². The highest BCUT2D eigenvalue weighted by Gasteiger charge is 2.38. The van der Waals surface area contributed by atoms with Crippen LogP contribution < -0.4 is 9.47 Å². The molecular weight excluding hydrogens is 386 g/mol. The Hall–Kier alpha value is -2.06. The molecule has 1 amide bonds. The fraction of sp³-hybridized carbons (Fsp3) is 0.421. The number of amides is 1. The average Bonchev–Trinajstić information content (AvgIpc) is 3.24. The van der Waals surface area contributed by atoms with Gasteiger partial charge in [-0.05, 0) is 43.5 Å². The van der Waals surface area contributed by atoms with Gasteiger partial charge in [0.25, 0.3) is 5.91 Å². The van der Waals surface area contributed by atoms with Gasteiger partial charge in [0, 0.05) is 6.04 Å². The number of methoxy groups -OCH3 is 1. The fourth-order valence-corrected chi connectivity index (χ4v) is 4.62. The van der Waals surface area contributed by atoms with Crippen molar-refractivity contribution in [3.63, 3.8) is 0 Å². The van der Waals surface area contributed by atoms with Crippen LogP contribution in [0.5, 0.6) is 11.5 Å². The summed E-state index contributed by atoms with van der Waals surface area (Å²) in [6.45, 7) is 1.45. The Balaban J connectivity index is 1.81. The zero-order chi connectivity index (χ0) is 19.6. The van der Waals surface area contributed by atoms with Crippen LogP contribution in [0.25, 0.3) is 6.08 Å². The lowest BCUT2D eigenvalue weighted by molar-refractivity contribution is -0.144. The van der Waals surface area contributed by atoms with Crippen molar-refractivity contribution in [1.82, 2.24) is 4.90 Å². The lowest BCUT2D eigenvalue weighted by atomic mass is 10.1. The first-order valence-corrected chi connectivity index (χ1v) is 9.97. The van der Waals surface area contributed by atoms with E-state index >= 15 is 0 Å². The number of carbonyl (C=O) groups excluding carboxylic acids is 1. The molecular formula is C19H21NO5S2. The molecule has 1 heterocycles. The Morgan fingerprint density at radius 1 is 1.37 bits per heavy atom. The van der Waals surface area contributed by atoms with Gasteiger partial charge in [-0.1, -0.05) is 42.9 Å². The highest BCUT2D eigenvalue weighted by atomic mass is 32.2. The van der Waals surface area contributed by atoms with E-state index in [-0.39, 0.29) is 11.9 Å². The van der Waals surface area contributed by atoms with E-state index in [4.69, 9.17) is 26.8 Å². The summed E-state index contributed by atoms with van der Waals surface area (Å²) >= 11 is 6.73. The number of hydrogen-bond donors (Lipinski definition) is 1. The molecule has 2 aliphatic rings. The van der Waals surface area contributed by atoms with Crippen molar-refractivity contribution in [2.45, 2.75) is 44.8 Å². The molecule has 1 N–H and O–H groups in total. The van der Waals surface area contributed by atoms with E-state index in [9.17, 15) is 9.59 Å². The molecule has 1 unspecified atom stereocenters. The predicted molar refractivity (Wildman–Crippen MR) is 108 cm³/mol. The summed E-state index contributed by atoms with van der Waals surface area (Å²) in [4.78, 5) is 26.1. The van der Waals surface area contributed by atoms with Gasteiger partial charge in [-0.3, -0.25) is 9.69 Å². The van der Waals surface area contributed by atoms with Gasteiger partial charge >= 0.3 is 5.97 Å². The van der Waals surface area contributed by atoms with Crippen LogP contribution in [0.4, 0.5) is 0 Å². The molecule has 1 aromatic rings. The number of thiocarbonyl (C=S) groups is 1. The fourth-order valence-electron chi connectivity index (χ4n) is 3.22. The Kier molecular flexibility index (Phi) is 6.06. The van der Waals surface area contributed by atoms with Crippen molar-refractivity contribution in [2.24, 2.45) is 0 Å². The number of hydrogen-bond acceptors (Lipinski definition) is 6. The summed E-state index contributed by atoms with van der Waals surface area (Å²) in [5.41, 5.74) is 0.758. The highest BCUT2D eigenvalue weighted by Crippen LogP contribution is 2.38. The van der Waals surface area contributed by atoms with Crippen LogP contribution >= 0.6 is 24.0 Å². The smallest absolute Gasteiger partial charge is 0.344 e. The first-order valence-electron chi connectivity index (χ1n) is 8.75. The van der Waals surface area contributed by atoms with Crippen molar-refractivity contribution in [3.8, 4) is 11.5 Å². The molecule has 8 heteroatoms. The first kappa shape index (κ1) is 19.7. The molecule has 1 aliphatic heterocycles. The first-order chi connectivity index (χ1) is 12.9. The Morgan fingerprint density at radius 2 is 2.07 bits per heavy atom. The monoisotopic (exact) mass is 407 g/mol. The number of rotatable bonds is 6. The Bertz CT molecular complexity index is 801. The molecule has 2 fully saturated rings. The number of carboxylic acid groups (broad SMARTS) is 1. The largest absolute Gasteiger partial charge is 0.493 e. The summed E-state index contributed by atoms with van der Waals surface area (Å²) in [5.74, 6) is -0.362. The van der Waals surface area contributed by atoms with Crippen LogP contribution in [0, 0.1) is 0 Å². The van der Waals surface area contributed by atoms with Gasteiger partial charge in [0.1, 0.15) is 4.32 Å². The molecule has 3 rings (SSSR count). The van der Waals surface area contributed by atoms with Crippen LogP contribution in [0.2, 0.25) is 0 Å². The van der Waals surface area contributed by atoms with Crippen molar-refractivity contribution in [2.75, 3.05) is 7.11 Å². The maximum absolute atomic E-state index is 12.8. The number of benzene rings is 1. The predicted octanol–water partition coefficient (Wildman–Crippen LogP) is 3.69. The summed E-state index contributed by atoms with van der Waals surface area (Å²) in [6.07, 6.45) is 5.05. The minimum atomic E-state index is -1.06. The molecule has 1 aliphatic carbocycles. The third kappa shape index (κ3) is 4.27. The normalized spacial score (nSPS) is 20.4. The summed E-state index contributed by atoms with van der Waals surface area (Å²) < 4.78 is 11.3. The Morgan fingerprint density at radius 3 is 2.70 bits per heavy atom. The summed E-state index contributed by atoms with van der Waals surface area (Å²) in [6, 6.07) is 5.33. The second kappa shape index (κ2) is 8.31. The van der Waals surface area contributed by atoms with Gasteiger partial charge in [-0.25, -0.2) is 4.79 Å². The summed E-state index contributed by atoms with van der Waals surface area (Å²) in [5, 5.41) is 8.99. The van der Waals surface area contributed by atoms with E-state index in [1.54, 1.807) is 29.2 Å². The van der Waals surface area contributed by atoms with E-state index in [2.05, 4.69) is 0 Å². The quantitative estimate of drug-likeness (QED) is 0.569. The number of ether oxygens (including phenoxy) is 2. The minimum Gasteiger partial charge on any atom is -0.493 e. The molecule has 0 spiro atoms. The van der Waals surface area contributed by atoms with Crippen LogP contribution in [-0.2, 0) is 9.59 Å². The number of carbonyl (C=O) groups is 2. The molecule has 1 aromatic carbocycles. The van der Waals surface area contributed by atoms with Crippen LogP contribution in [-0.4, -0.2) is 45.5 Å². The zero-order valence-electron chi connectivity index (χ0n) is 15.1. The zero-order valence-corrected chi connectivity index (χ0v) is 16.8. The van der Waals surface area contributed by atoms with Crippen molar-refractivity contribution in [1.29, 1.82) is 0 Å². The van der Waals surface area contributed by atoms with Crippen molar-refractivity contribution >= 4 is 46.3 Å². The number of thioether (sulfide) groups is 1. The topological polar surface area (TPSA) is 76.1 Å². The third-order valence-electron chi connectivity index (χ3n) is 4.65. The van der Waals surface area contributed by atoms with E-state index < -0.39 is 12.1 Å². The maximum Gasteiger partial charge on any atom is 0.344 e. The minimum absolute atomic E-state index is 0.0457. The van der Waals surface area contributed by atoms with Gasteiger partial charge in [0.05, 0.1) is 12.0 Å². The number of carboxylic acids is 1. The van der Waals surface area contributed by atoms with Gasteiger partial charge in [0.2, 0.25) is 0 Å². The van der Waals surface area contributed by atoms with Gasteiger partial charge in [0.15, 0.2) is 17.6 Å². The van der Waals surface area contributed by atoms with Gasteiger partial charge in [-0.15, -0.1) is 0 Å². The lowest BCUT2D eigenvalue weighted by Crippen LogP contribution is -2.36. The van der Waals surface area contributed by atoms with E-state index in [0.717, 1.165) is 31.2 Å². The molecule has 1 saturated heterocycles. The molecule has 0 bridgehead atoms. The van der Waals surface area contributed by atoms with Crippen molar-refractivity contribution in [3.05, 3.63) is 28.7 Å². The lowest BCUT2D eigenvalue weighted by Gasteiger charge is -2.21. The van der Waals surface area contributed by atoms with Gasteiger partial charge < -0.3 is 14.6 Å². The molecule has 0 aromatic heterocycles. The maximum atomic E-state index is 12.8. The molecule has 1 atom stereocenters. The van der Waals surface area contributed by atoms with E-state index in [1.807, 2.05) is 0 Å². The molecule has 27 heavy (non-hydrogen) atoms. The second-order valence-electron chi connectivity index (χ2n) is 6.50. The van der Waals surface area contributed by atoms with Gasteiger partial charge in [-0.2, -0.15) is 0 Å². The van der Waals surface area contributed by atoms with Crippen molar-refractivity contribution < 1.29 is 24.2 Å². The SMILES string of the molecule is COc1cc(/C=C2/SC(=S)N(C3CCCC3)C2=O)ccc1OC(C)C(=O)O. The van der Waals surface area contributed by atoms with Crippen LogP contribution in [0.15, 0.2) is 23.1 Å². The average molecular weight is 408 g/mol. The molecule has 144 valence electrons.